The lowest BCUT2D eigenvalue weighted by atomic mass is 9.79. The molecule has 15 heavy (non-hydrogen) atoms. The second-order valence-corrected chi connectivity index (χ2v) is 4.24. The van der Waals surface area contributed by atoms with Gasteiger partial charge in [-0.25, -0.2) is 4.79 Å². The number of hydrogen-bond donors (Lipinski definition) is 0. The lowest BCUT2D eigenvalue weighted by molar-refractivity contribution is 0.279. The minimum absolute atomic E-state index is 0.238. The van der Waals surface area contributed by atoms with Crippen LogP contribution in [0.4, 0.5) is 0 Å². The van der Waals surface area contributed by atoms with E-state index < -0.39 is 0 Å². The molecule has 0 N–H and O–H groups in total. The fourth-order valence-corrected chi connectivity index (χ4v) is 2.37. The van der Waals surface area contributed by atoms with Crippen LogP contribution in [-0.2, 0) is 11.2 Å². The Bertz CT molecular complexity index is 344. The van der Waals surface area contributed by atoms with Crippen LogP contribution in [0.15, 0.2) is 27.8 Å². The van der Waals surface area contributed by atoms with E-state index in [1.165, 1.54) is 6.42 Å². The third kappa shape index (κ3) is 2.37. The van der Waals surface area contributed by atoms with Crippen LogP contribution in [0.25, 0.3) is 0 Å². The predicted octanol–water partition coefficient (Wildman–Crippen LogP) is 2.86. The molecule has 0 bridgehead atoms. The topological polar surface area (TPSA) is 42.6 Å². The Hall–Kier alpha value is -1.34. The van der Waals surface area contributed by atoms with Crippen LogP contribution in [0.1, 0.15) is 37.9 Å². The van der Waals surface area contributed by atoms with Gasteiger partial charge >= 0.3 is 0 Å². The maximum Gasteiger partial charge on any atom is 0.235 e. The summed E-state index contributed by atoms with van der Waals surface area (Å²) in [6.45, 7) is 0. The van der Waals surface area contributed by atoms with E-state index in [9.17, 15) is 4.79 Å². The number of isocyanates is 1. The normalized spacial score (nSPS) is 19.5. The first kappa shape index (κ1) is 10.2. The van der Waals surface area contributed by atoms with Crippen LogP contribution in [0.5, 0.6) is 0 Å². The first-order valence-corrected chi connectivity index (χ1v) is 5.46. The summed E-state index contributed by atoms with van der Waals surface area (Å²) in [5.74, 6) is 0.913. The number of rotatable bonds is 3. The Balaban J connectivity index is 2.14. The Kier molecular flexibility index (Phi) is 3.02. The summed E-state index contributed by atoms with van der Waals surface area (Å²) in [4.78, 5) is 14.5. The number of carbonyl (C=O) groups excluding carboxylic acids is 1. The van der Waals surface area contributed by atoms with Gasteiger partial charge in [-0.05, 0) is 25.0 Å². The van der Waals surface area contributed by atoms with Gasteiger partial charge in [-0.1, -0.05) is 19.3 Å². The molecule has 80 valence electrons. The molecular weight excluding hydrogens is 190 g/mol. The largest absolute Gasteiger partial charge is 0.469 e. The predicted molar refractivity (Wildman–Crippen MR) is 56.3 cm³/mol. The van der Waals surface area contributed by atoms with Crippen molar-refractivity contribution < 1.29 is 9.21 Å². The molecular formula is C12H15NO2. The molecule has 0 radical (unpaired) electrons. The highest BCUT2D eigenvalue weighted by Gasteiger charge is 2.32. The molecule has 0 saturated heterocycles. The molecule has 3 nitrogen and oxygen atoms in total. The van der Waals surface area contributed by atoms with Crippen LogP contribution in [0.3, 0.4) is 0 Å². The second-order valence-electron chi connectivity index (χ2n) is 4.24. The third-order valence-corrected chi connectivity index (χ3v) is 3.15. The first-order valence-electron chi connectivity index (χ1n) is 5.46. The van der Waals surface area contributed by atoms with E-state index >= 15 is 0 Å². The summed E-state index contributed by atoms with van der Waals surface area (Å²) < 4.78 is 5.32. The van der Waals surface area contributed by atoms with Gasteiger partial charge in [-0.15, -0.1) is 0 Å². The van der Waals surface area contributed by atoms with Crippen LogP contribution in [0.2, 0.25) is 0 Å². The van der Waals surface area contributed by atoms with Crippen molar-refractivity contribution >= 4 is 6.08 Å². The van der Waals surface area contributed by atoms with E-state index in [0.29, 0.717) is 0 Å². The van der Waals surface area contributed by atoms with Crippen LogP contribution in [-0.4, -0.2) is 11.6 Å². The molecule has 1 aliphatic carbocycles. The molecule has 1 heterocycles. The molecule has 0 spiro atoms. The molecule has 1 aromatic rings. The summed E-state index contributed by atoms with van der Waals surface area (Å²) in [6.07, 6.45) is 9.60. The zero-order valence-electron chi connectivity index (χ0n) is 8.74. The average Bonchev–Trinajstić information content (AvgIpc) is 2.72. The molecule has 1 saturated carbocycles. The Morgan fingerprint density at radius 3 is 2.80 bits per heavy atom. The van der Waals surface area contributed by atoms with Gasteiger partial charge in [0.15, 0.2) is 0 Å². The highest BCUT2D eigenvalue weighted by Crippen LogP contribution is 2.34. The minimum Gasteiger partial charge on any atom is -0.469 e. The Morgan fingerprint density at radius 2 is 2.20 bits per heavy atom. The van der Waals surface area contributed by atoms with Gasteiger partial charge in [0.05, 0.1) is 11.8 Å². The quantitative estimate of drug-likeness (QED) is 0.562. The maximum atomic E-state index is 10.5. The lowest BCUT2D eigenvalue weighted by Crippen LogP contribution is -2.31. The van der Waals surface area contributed by atoms with Crippen molar-refractivity contribution in [2.45, 2.75) is 44.1 Å². The van der Waals surface area contributed by atoms with Crippen molar-refractivity contribution in [1.29, 1.82) is 0 Å². The SMILES string of the molecule is O=C=NC1(Cc2ccco2)CCCCC1. The van der Waals surface area contributed by atoms with Crippen molar-refractivity contribution in [3.63, 3.8) is 0 Å². The van der Waals surface area contributed by atoms with Crippen molar-refractivity contribution in [3.05, 3.63) is 24.2 Å². The maximum absolute atomic E-state index is 10.5. The first-order chi connectivity index (χ1) is 7.35. The summed E-state index contributed by atoms with van der Waals surface area (Å²) >= 11 is 0. The van der Waals surface area contributed by atoms with Crippen LogP contribution in [0, 0.1) is 0 Å². The molecule has 0 atom stereocenters. The molecule has 2 rings (SSSR count). The highest BCUT2D eigenvalue weighted by atomic mass is 16.3. The van der Waals surface area contributed by atoms with Gasteiger partial charge in [-0.3, -0.25) is 0 Å². The Morgan fingerprint density at radius 1 is 1.40 bits per heavy atom. The number of hydrogen-bond acceptors (Lipinski definition) is 3. The van der Waals surface area contributed by atoms with E-state index in [0.717, 1.165) is 37.9 Å². The summed E-state index contributed by atoms with van der Waals surface area (Å²) in [6, 6.07) is 3.81. The summed E-state index contributed by atoms with van der Waals surface area (Å²) in [5.41, 5.74) is -0.238. The van der Waals surface area contributed by atoms with Crippen molar-refractivity contribution in [2.24, 2.45) is 4.99 Å². The van der Waals surface area contributed by atoms with Gasteiger partial charge in [0.2, 0.25) is 6.08 Å². The van der Waals surface area contributed by atoms with Gasteiger partial charge in [0, 0.05) is 6.42 Å². The molecule has 0 aliphatic heterocycles. The average molecular weight is 205 g/mol. The van der Waals surface area contributed by atoms with E-state index in [2.05, 4.69) is 4.99 Å². The third-order valence-electron chi connectivity index (χ3n) is 3.15. The van der Waals surface area contributed by atoms with E-state index in [1.54, 1.807) is 12.3 Å². The molecule has 1 aromatic heterocycles. The number of aliphatic imine (C=N–C) groups is 1. The van der Waals surface area contributed by atoms with Crippen LogP contribution >= 0.6 is 0 Å². The van der Waals surface area contributed by atoms with E-state index in [4.69, 9.17) is 4.42 Å². The minimum atomic E-state index is -0.238. The van der Waals surface area contributed by atoms with Gasteiger partial charge in [0.1, 0.15) is 5.76 Å². The highest BCUT2D eigenvalue weighted by molar-refractivity contribution is 5.35. The van der Waals surface area contributed by atoms with Crippen molar-refractivity contribution in [2.75, 3.05) is 0 Å². The zero-order valence-corrected chi connectivity index (χ0v) is 8.74. The number of furan rings is 1. The van der Waals surface area contributed by atoms with Crippen molar-refractivity contribution in [1.82, 2.24) is 0 Å². The fraction of sp³-hybridized carbons (Fsp3) is 0.583. The monoisotopic (exact) mass is 205 g/mol. The second kappa shape index (κ2) is 4.45. The van der Waals surface area contributed by atoms with E-state index in [-0.39, 0.29) is 5.54 Å². The Labute approximate surface area is 89.2 Å². The lowest BCUT2D eigenvalue weighted by Gasteiger charge is -2.31. The van der Waals surface area contributed by atoms with Gasteiger partial charge < -0.3 is 4.42 Å². The number of nitrogens with zero attached hydrogens (tertiary/aromatic N) is 1. The van der Waals surface area contributed by atoms with E-state index in [1.807, 2.05) is 12.1 Å². The molecule has 0 unspecified atom stereocenters. The molecule has 1 aliphatic rings. The zero-order chi connectivity index (χ0) is 10.6. The van der Waals surface area contributed by atoms with Crippen molar-refractivity contribution in [3.8, 4) is 0 Å². The van der Waals surface area contributed by atoms with Gasteiger partial charge in [0.25, 0.3) is 0 Å². The molecule has 0 amide bonds. The summed E-state index contributed by atoms with van der Waals surface area (Å²) in [7, 11) is 0. The molecule has 0 aromatic carbocycles. The van der Waals surface area contributed by atoms with Crippen LogP contribution < -0.4 is 0 Å². The standard InChI is InChI=1S/C12H15NO2/c14-10-13-12(6-2-1-3-7-12)9-11-5-4-8-15-11/h4-5,8H,1-3,6-7,9H2. The van der Waals surface area contributed by atoms with Gasteiger partial charge in [-0.2, -0.15) is 4.99 Å². The smallest absolute Gasteiger partial charge is 0.235 e. The fourth-order valence-electron chi connectivity index (χ4n) is 2.37. The molecule has 1 fully saturated rings. The molecule has 3 heteroatoms. The summed E-state index contributed by atoms with van der Waals surface area (Å²) in [5, 5.41) is 0.